The Morgan fingerprint density at radius 1 is 1.62 bits per heavy atom. The summed E-state index contributed by atoms with van der Waals surface area (Å²) >= 11 is 1.59. The molecule has 13 heavy (non-hydrogen) atoms. The maximum atomic E-state index is 11.0. The number of hydrogen-bond donors (Lipinski definition) is 1. The number of thioether (sulfide) groups is 1. The molecule has 0 saturated heterocycles. The predicted molar refractivity (Wildman–Crippen MR) is 55.5 cm³/mol. The van der Waals surface area contributed by atoms with Crippen molar-refractivity contribution in [2.45, 2.75) is 26.2 Å². The maximum absolute atomic E-state index is 11.0. The number of carbonyl (C=O) groups excluding carboxylic acids is 1. The Bertz CT molecular complexity index is 177. The largest absolute Gasteiger partial charge is 0.355 e. The van der Waals surface area contributed by atoms with Gasteiger partial charge in [0.05, 0.1) is 11.8 Å². The highest BCUT2D eigenvalue weighted by Crippen LogP contribution is 2.03. The fourth-order valence-corrected chi connectivity index (χ4v) is 1.51. The first-order valence-corrected chi connectivity index (χ1v) is 5.68. The topological polar surface area (TPSA) is 52.9 Å². The summed E-state index contributed by atoms with van der Waals surface area (Å²) in [5.41, 5.74) is 0. The van der Waals surface area contributed by atoms with Gasteiger partial charge in [-0.1, -0.05) is 6.92 Å². The summed E-state index contributed by atoms with van der Waals surface area (Å²) in [6, 6.07) is 2.08. The monoisotopic (exact) mass is 200 g/mol. The number of hydrogen-bond acceptors (Lipinski definition) is 3. The number of carbonyl (C=O) groups is 1. The summed E-state index contributed by atoms with van der Waals surface area (Å²) in [7, 11) is 0. The van der Waals surface area contributed by atoms with Crippen molar-refractivity contribution in [1.29, 1.82) is 5.26 Å². The smallest absolute Gasteiger partial charge is 0.229 e. The van der Waals surface area contributed by atoms with Gasteiger partial charge in [0.15, 0.2) is 0 Å². The molecule has 74 valence electrons. The average Bonchev–Trinajstić information content (AvgIpc) is 2.14. The Labute approximate surface area is 83.9 Å². The summed E-state index contributed by atoms with van der Waals surface area (Å²) in [5.74, 6) is 1.52. The van der Waals surface area contributed by atoms with E-state index in [1.807, 2.05) is 6.92 Å². The fraction of sp³-hybridized carbons (Fsp3) is 0.778. The minimum atomic E-state index is 0.101. The number of rotatable bonds is 7. The first-order valence-electron chi connectivity index (χ1n) is 4.52. The molecule has 0 atom stereocenters. The number of unbranched alkanes of at least 4 members (excludes halogenated alkanes) is 1. The molecular formula is C9H16N2OS. The molecule has 0 aliphatic heterocycles. The van der Waals surface area contributed by atoms with E-state index in [2.05, 4.69) is 11.4 Å². The highest BCUT2D eigenvalue weighted by Gasteiger charge is 1.98. The van der Waals surface area contributed by atoms with E-state index in [9.17, 15) is 4.79 Å². The summed E-state index contributed by atoms with van der Waals surface area (Å²) in [4.78, 5) is 11.0. The summed E-state index contributed by atoms with van der Waals surface area (Å²) in [5, 5.41) is 11.1. The molecule has 0 unspecified atom stereocenters. The Kier molecular flexibility index (Phi) is 8.90. The molecule has 0 bridgehead atoms. The lowest BCUT2D eigenvalue weighted by Gasteiger charge is -2.01. The van der Waals surface area contributed by atoms with E-state index in [-0.39, 0.29) is 5.91 Å². The van der Waals surface area contributed by atoms with Crippen molar-refractivity contribution in [2.75, 3.05) is 18.1 Å². The standard InChI is InChI=1S/C9H16N2OS/c1-2-6-11-9(12)8-13-7-4-3-5-10/h2-4,6-8H2,1H3,(H,11,12). The van der Waals surface area contributed by atoms with Gasteiger partial charge in [-0.25, -0.2) is 0 Å². The lowest BCUT2D eigenvalue weighted by Crippen LogP contribution is -2.25. The van der Waals surface area contributed by atoms with Crippen LogP contribution in [0.15, 0.2) is 0 Å². The molecule has 0 aromatic heterocycles. The van der Waals surface area contributed by atoms with Crippen LogP contribution < -0.4 is 5.32 Å². The molecule has 3 nitrogen and oxygen atoms in total. The van der Waals surface area contributed by atoms with E-state index in [0.29, 0.717) is 12.2 Å². The van der Waals surface area contributed by atoms with Gasteiger partial charge in [0.25, 0.3) is 0 Å². The number of amides is 1. The Balaban J connectivity index is 3.13. The first-order chi connectivity index (χ1) is 6.31. The lowest BCUT2D eigenvalue weighted by atomic mass is 10.4. The summed E-state index contributed by atoms with van der Waals surface area (Å²) < 4.78 is 0. The Morgan fingerprint density at radius 3 is 3.00 bits per heavy atom. The van der Waals surface area contributed by atoms with Crippen LogP contribution in [0.3, 0.4) is 0 Å². The van der Waals surface area contributed by atoms with Crippen molar-refractivity contribution < 1.29 is 4.79 Å². The Morgan fingerprint density at radius 2 is 2.38 bits per heavy atom. The van der Waals surface area contributed by atoms with Crippen molar-refractivity contribution in [3.05, 3.63) is 0 Å². The third-order valence-corrected chi connectivity index (χ3v) is 2.43. The fourth-order valence-electron chi connectivity index (χ4n) is 0.734. The average molecular weight is 200 g/mol. The van der Waals surface area contributed by atoms with Crippen molar-refractivity contribution >= 4 is 17.7 Å². The van der Waals surface area contributed by atoms with E-state index in [0.717, 1.165) is 25.1 Å². The van der Waals surface area contributed by atoms with E-state index in [4.69, 9.17) is 5.26 Å². The van der Waals surface area contributed by atoms with Gasteiger partial charge in [-0.05, 0) is 18.6 Å². The molecule has 0 saturated carbocycles. The predicted octanol–water partition coefficient (Wildman–Crippen LogP) is 1.55. The van der Waals surface area contributed by atoms with E-state index < -0.39 is 0 Å². The van der Waals surface area contributed by atoms with Crippen LogP contribution in [0.4, 0.5) is 0 Å². The third-order valence-electron chi connectivity index (χ3n) is 1.38. The van der Waals surface area contributed by atoms with Gasteiger partial charge in [-0.2, -0.15) is 17.0 Å². The molecule has 0 spiro atoms. The molecule has 0 heterocycles. The van der Waals surface area contributed by atoms with Crippen LogP contribution in [0.1, 0.15) is 26.2 Å². The van der Waals surface area contributed by atoms with Crippen LogP contribution in [0.5, 0.6) is 0 Å². The van der Waals surface area contributed by atoms with Gasteiger partial charge < -0.3 is 5.32 Å². The summed E-state index contributed by atoms with van der Waals surface area (Å²) in [6.07, 6.45) is 2.44. The van der Waals surface area contributed by atoms with E-state index in [1.165, 1.54) is 0 Å². The number of nitriles is 1. The third kappa shape index (κ3) is 9.22. The lowest BCUT2D eigenvalue weighted by molar-refractivity contribution is -0.118. The minimum absolute atomic E-state index is 0.101. The van der Waals surface area contributed by atoms with Gasteiger partial charge in [-0.15, -0.1) is 0 Å². The van der Waals surface area contributed by atoms with Crippen LogP contribution in [0.2, 0.25) is 0 Å². The van der Waals surface area contributed by atoms with Crippen LogP contribution >= 0.6 is 11.8 Å². The highest BCUT2D eigenvalue weighted by molar-refractivity contribution is 7.99. The van der Waals surface area contributed by atoms with Crippen molar-refractivity contribution in [3.63, 3.8) is 0 Å². The zero-order valence-corrected chi connectivity index (χ0v) is 8.82. The second kappa shape index (κ2) is 9.40. The second-order valence-corrected chi connectivity index (χ2v) is 3.77. The van der Waals surface area contributed by atoms with Gasteiger partial charge in [0.1, 0.15) is 0 Å². The van der Waals surface area contributed by atoms with Crippen LogP contribution in [-0.4, -0.2) is 24.0 Å². The molecule has 0 aliphatic rings. The SMILES string of the molecule is CCCNC(=O)CSCCCC#N. The molecule has 0 aliphatic carbocycles. The van der Waals surface area contributed by atoms with Crippen molar-refractivity contribution in [3.8, 4) is 6.07 Å². The van der Waals surface area contributed by atoms with E-state index >= 15 is 0 Å². The van der Waals surface area contributed by atoms with Gasteiger partial charge in [0, 0.05) is 13.0 Å². The minimum Gasteiger partial charge on any atom is -0.355 e. The van der Waals surface area contributed by atoms with Crippen LogP contribution in [0.25, 0.3) is 0 Å². The highest BCUT2D eigenvalue weighted by atomic mass is 32.2. The molecule has 0 rings (SSSR count). The van der Waals surface area contributed by atoms with Crippen LogP contribution in [0, 0.1) is 11.3 Å². The van der Waals surface area contributed by atoms with Gasteiger partial charge >= 0.3 is 0 Å². The quantitative estimate of drug-likeness (QED) is 0.634. The Hall–Kier alpha value is -0.690. The number of nitrogens with one attached hydrogen (secondary N) is 1. The van der Waals surface area contributed by atoms with Crippen LogP contribution in [-0.2, 0) is 4.79 Å². The second-order valence-electron chi connectivity index (χ2n) is 2.66. The summed E-state index contributed by atoms with van der Waals surface area (Å²) in [6.45, 7) is 2.79. The van der Waals surface area contributed by atoms with Gasteiger partial charge in [-0.3, -0.25) is 4.79 Å². The molecule has 4 heteroatoms. The molecule has 1 N–H and O–H groups in total. The molecule has 0 fully saturated rings. The van der Waals surface area contributed by atoms with Crippen molar-refractivity contribution in [2.24, 2.45) is 0 Å². The maximum Gasteiger partial charge on any atom is 0.229 e. The molecule has 0 aromatic carbocycles. The zero-order valence-electron chi connectivity index (χ0n) is 8.01. The van der Waals surface area contributed by atoms with Crippen molar-refractivity contribution in [1.82, 2.24) is 5.32 Å². The molecule has 0 radical (unpaired) electrons. The molecular weight excluding hydrogens is 184 g/mol. The zero-order chi connectivity index (χ0) is 9.94. The van der Waals surface area contributed by atoms with Gasteiger partial charge in [0.2, 0.25) is 5.91 Å². The first kappa shape index (κ1) is 12.3. The number of nitrogens with zero attached hydrogens (tertiary/aromatic N) is 1. The van der Waals surface area contributed by atoms with E-state index in [1.54, 1.807) is 11.8 Å². The molecule has 0 aromatic rings. The molecule has 1 amide bonds. The normalized spacial score (nSPS) is 9.23.